The Morgan fingerprint density at radius 2 is 2.06 bits per heavy atom. The Bertz CT molecular complexity index is 443. The number of carbonyl (C=O) groups excluding carboxylic acids is 2. The zero-order valence-corrected chi connectivity index (χ0v) is 9.01. The van der Waals surface area contributed by atoms with E-state index in [0.29, 0.717) is 0 Å². The Morgan fingerprint density at radius 1 is 1.41 bits per heavy atom. The molecule has 0 aliphatic carbocycles. The molecule has 7 heteroatoms. The van der Waals surface area contributed by atoms with Gasteiger partial charge in [0.25, 0.3) is 0 Å². The molecule has 0 saturated heterocycles. The van der Waals surface area contributed by atoms with Gasteiger partial charge >= 0.3 is 6.36 Å². The van der Waals surface area contributed by atoms with Gasteiger partial charge in [-0.15, -0.1) is 24.8 Å². The summed E-state index contributed by atoms with van der Waals surface area (Å²) in [6, 6.07) is 3.33. The maximum Gasteiger partial charge on any atom is 0.573 e. The summed E-state index contributed by atoms with van der Waals surface area (Å²) < 4.78 is 39.7. The highest BCUT2D eigenvalue weighted by atomic mass is 35.5. The first-order valence-corrected chi connectivity index (χ1v) is 4.85. The van der Waals surface area contributed by atoms with Crippen molar-refractivity contribution in [2.75, 3.05) is 5.88 Å². The molecule has 0 saturated carbocycles. The lowest BCUT2D eigenvalue weighted by Crippen LogP contribution is -2.19. The minimum atomic E-state index is -4.93. The molecule has 0 atom stereocenters. The van der Waals surface area contributed by atoms with Crippen LogP contribution in [0.15, 0.2) is 18.2 Å². The van der Waals surface area contributed by atoms with Crippen molar-refractivity contribution in [2.24, 2.45) is 0 Å². The minimum absolute atomic E-state index is 0.126. The molecule has 1 rings (SSSR count). The van der Waals surface area contributed by atoms with Crippen molar-refractivity contribution >= 4 is 23.7 Å². The highest BCUT2D eigenvalue weighted by molar-refractivity contribution is 6.31. The second kappa shape index (κ2) is 5.18. The van der Waals surface area contributed by atoms with E-state index in [9.17, 15) is 22.8 Å². The molecule has 1 aromatic rings. The van der Waals surface area contributed by atoms with E-state index in [1.54, 1.807) is 0 Å². The number of hydrogen-bond donors (Lipinski definition) is 0. The number of Topliss-reactive ketones (excluding diaryl/α,β-unsaturated/α-hetero) is 1. The highest BCUT2D eigenvalue weighted by Crippen LogP contribution is 2.27. The van der Waals surface area contributed by atoms with E-state index in [4.69, 9.17) is 11.6 Å². The number of halogens is 4. The Kier molecular flexibility index (Phi) is 4.11. The lowest BCUT2D eigenvalue weighted by Gasteiger charge is -2.12. The van der Waals surface area contributed by atoms with Gasteiger partial charge in [0.15, 0.2) is 12.1 Å². The lowest BCUT2D eigenvalue weighted by atomic mass is 10.0. The van der Waals surface area contributed by atoms with Crippen LogP contribution in [0.2, 0.25) is 0 Å². The van der Waals surface area contributed by atoms with Crippen molar-refractivity contribution in [1.29, 1.82) is 0 Å². The Morgan fingerprint density at radius 3 is 2.53 bits per heavy atom. The number of aldehydes is 1. The fourth-order valence-electron chi connectivity index (χ4n) is 1.19. The van der Waals surface area contributed by atoms with E-state index in [1.165, 1.54) is 12.1 Å². The Hall–Kier alpha value is -1.56. The Labute approximate surface area is 99.1 Å². The van der Waals surface area contributed by atoms with Crippen LogP contribution in [-0.2, 0) is 0 Å². The van der Waals surface area contributed by atoms with Gasteiger partial charge in [0, 0.05) is 5.56 Å². The topological polar surface area (TPSA) is 43.4 Å². The molecule has 0 heterocycles. The van der Waals surface area contributed by atoms with Crippen LogP contribution in [0.3, 0.4) is 0 Å². The van der Waals surface area contributed by atoms with Crippen LogP contribution in [0.4, 0.5) is 13.2 Å². The molecule has 0 aromatic heterocycles. The minimum Gasteiger partial charge on any atom is -0.405 e. The molecule has 0 radical (unpaired) electrons. The van der Waals surface area contributed by atoms with Crippen LogP contribution in [0.5, 0.6) is 5.75 Å². The van der Waals surface area contributed by atoms with Crippen molar-refractivity contribution in [3.63, 3.8) is 0 Å². The van der Waals surface area contributed by atoms with Crippen molar-refractivity contribution in [3.8, 4) is 5.75 Å². The fourth-order valence-corrected chi connectivity index (χ4v) is 1.34. The van der Waals surface area contributed by atoms with Crippen LogP contribution < -0.4 is 4.74 Å². The van der Waals surface area contributed by atoms with Gasteiger partial charge in [0.05, 0.1) is 11.4 Å². The monoisotopic (exact) mass is 266 g/mol. The third-order valence-electron chi connectivity index (χ3n) is 1.83. The first kappa shape index (κ1) is 13.5. The highest BCUT2D eigenvalue weighted by Gasteiger charge is 2.32. The molecule has 92 valence electrons. The number of hydrogen-bond acceptors (Lipinski definition) is 3. The number of alkyl halides is 4. The predicted molar refractivity (Wildman–Crippen MR) is 53.6 cm³/mol. The van der Waals surface area contributed by atoms with Gasteiger partial charge in [-0.25, -0.2) is 0 Å². The standard InChI is InChI=1S/C10H6ClF3O3/c11-4-8(16)6-2-1-3-9(7(6)5-15)17-10(12,13)14/h1-3,5H,4H2. The summed E-state index contributed by atoms with van der Waals surface area (Å²) in [5, 5.41) is 0. The first-order valence-electron chi connectivity index (χ1n) is 4.32. The summed E-state index contributed by atoms with van der Waals surface area (Å²) in [4.78, 5) is 22.0. The molecule has 1 aromatic carbocycles. The van der Waals surface area contributed by atoms with E-state index in [-0.39, 0.29) is 11.8 Å². The van der Waals surface area contributed by atoms with Crippen LogP contribution in [0.1, 0.15) is 20.7 Å². The molecule has 0 unspecified atom stereocenters. The second-order valence-electron chi connectivity index (χ2n) is 2.94. The zero-order valence-electron chi connectivity index (χ0n) is 8.25. The van der Waals surface area contributed by atoms with E-state index in [2.05, 4.69) is 4.74 Å². The average Bonchev–Trinajstić information content (AvgIpc) is 2.25. The number of rotatable bonds is 4. The quantitative estimate of drug-likeness (QED) is 0.478. The third-order valence-corrected chi connectivity index (χ3v) is 2.07. The van der Waals surface area contributed by atoms with Crippen LogP contribution in [0, 0.1) is 0 Å². The summed E-state index contributed by atoms with van der Waals surface area (Å²) in [7, 11) is 0. The summed E-state index contributed by atoms with van der Waals surface area (Å²) in [5.41, 5.74) is -0.660. The predicted octanol–water partition coefficient (Wildman–Crippen LogP) is 2.82. The van der Waals surface area contributed by atoms with Gasteiger partial charge in [-0.1, -0.05) is 12.1 Å². The molecule has 0 aliphatic rings. The fraction of sp³-hybridized carbons (Fsp3) is 0.200. The molecule has 17 heavy (non-hydrogen) atoms. The van der Waals surface area contributed by atoms with E-state index >= 15 is 0 Å². The molecule has 0 fully saturated rings. The molecule has 0 aliphatic heterocycles. The molecule has 3 nitrogen and oxygen atoms in total. The summed E-state index contributed by atoms with van der Waals surface area (Å²) in [5.74, 6) is -1.80. The zero-order chi connectivity index (χ0) is 13.1. The van der Waals surface area contributed by atoms with Crippen molar-refractivity contribution in [3.05, 3.63) is 29.3 Å². The second-order valence-corrected chi connectivity index (χ2v) is 3.21. The van der Waals surface area contributed by atoms with Gasteiger partial charge in [-0.05, 0) is 6.07 Å². The van der Waals surface area contributed by atoms with Crippen LogP contribution >= 0.6 is 11.6 Å². The number of ether oxygens (including phenoxy) is 1. The summed E-state index contributed by atoms with van der Waals surface area (Å²) in [6.45, 7) is 0. The van der Waals surface area contributed by atoms with Crippen molar-refractivity contribution in [1.82, 2.24) is 0 Å². The van der Waals surface area contributed by atoms with Gasteiger partial charge in [0.2, 0.25) is 0 Å². The molecule has 0 amide bonds. The van der Waals surface area contributed by atoms with Gasteiger partial charge in [-0.3, -0.25) is 9.59 Å². The van der Waals surface area contributed by atoms with Gasteiger partial charge in [-0.2, -0.15) is 0 Å². The maximum atomic E-state index is 12.0. The van der Waals surface area contributed by atoms with E-state index in [1.807, 2.05) is 0 Å². The molecular weight excluding hydrogens is 261 g/mol. The van der Waals surface area contributed by atoms with Gasteiger partial charge < -0.3 is 4.74 Å². The molecule has 0 bridgehead atoms. The SMILES string of the molecule is O=Cc1c(OC(F)(F)F)cccc1C(=O)CCl. The number of carbonyl (C=O) groups is 2. The van der Waals surface area contributed by atoms with Gasteiger partial charge in [0.1, 0.15) is 5.75 Å². The summed E-state index contributed by atoms with van der Waals surface area (Å²) in [6.07, 6.45) is -4.80. The summed E-state index contributed by atoms with van der Waals surface area (Å²) >= 11 is 5.27. The normalized spacial score (nSPS) is 11.1. The van der Waals surface area contributed by atoms with Crippen LogP contribution in [0.25, 0.3) is 0 Å². The van der Waals surface area contributed by atoms with Crippen LogP contribution in [-0.4, -0.2) is 24.3 Å². The Balaban J connectivity index is 3.24. The number of ketones is 1. The average molecular weight is 267 g/mol. The van der Waals surface area contributed by atoms with E-state index in [0.717, 1.165) is 6.07 Å². The van der Waals surface area contributed by atoms with E-state index < -0.39 is 29.3 Å². The maximum absolute atomic E-state index is 12.0. The first-order chi connectivity index (χ1) is 7.89. The third kappa shape index (κ3) is 3.45. The largest absolute Gasteiger partial charge is 0.573 e. The molecule has 0 N–H and O–H groups in total. The van der Waals surface area contributed by atoms with Crippen molar-refractivity contribution < 1.29 is 27.5 Å². The van der Waals surface area contributed by atoms with Crippen molar-refractivity contribution in [2.45, 2.75) is 6.36 Å². The molecular formula is C10H6ClF3O3. The number of benzene rings is 1. The lowest BCUT2D eigenvalue weighted by molar-refractivity contribution is -0.274. The molecule has 0 spiro atoms. The smallest absolute Gasteiger partial charge is 0.405 e.